The SMILES string of the molecule is Cc1noc(-c2cc3cc(Br)c(F)cc3nc2N2CCC3(CC2)OCCO3)n1. The van der Waals surface area contributed by atoms with Gasteiger partial charge in [0.25, 0.3) is 5.89 Å². The molecule has 1 aromatic carbocycles. The van der Waals surface area contributed by atoms with Gasteiger partial charge in [-0.25, -0.2) is 9.37 Å². The summed E-state index contributed by atoms with van der Waals surface area (Å²) >= 11 is 3.24. The summed E-state index contributed by atoms with van der Waals surface area (Å²) in [6.45, 7) is 4.45. The first kappa shape index (κ1) is 18.0. The minimum absolute atomic E-state index is 0.349. The standard InChI is InChI=1S/C19H18BrFN4O3/c1-11-22-18(28-24-11)13-8-12-9-14(20)15(21)10-16(12)23-17(13)25-4-2-19(3-5-25)26-6-7-27-19/h8-10H,2-7H2,1H3. The molecule has 0 bridgehead atoms. The van der Waals surface area contributed by atoms with E-state index in [1.165, 1.54) is 6.07 Å². The Balaban J connectivity index is 1.58. The van der Waals surface area contributed by atoms with Crippen LogP contribution in [0.2, 0.25) is 0 Å². The smallest absolute Gasteiger partial charge is 0.261 e. The summed E-state index contributed by atoms with van der Waals surface area (Å²) in [4.78, 5) is 11.3. The monoisotopic (exact) mass is 448 g/mol. The summed E-state index contributed by atoms with van der Waals surface area (Å²) < 4.78 is 31.5. The Hall–Kier alpha value is -2.10. The van der Waals surface area contributed by atoms with Crippen molar-refractivity contribution in [1.82, 2.24) is 15.1 Å². The second kappa shape index (κ2) is 6.75. The zero-order chi connectivity index (χ0) is 19.3. The van der Waals surface area contributed by atoms with Gasteiger partial charge in [0.1, 0.15) is 11.6 Å². The Morgan fingerprint density at radius 1 is 1.11 bits per heavy atom. The van der Waals surface area contributed by atoms with Gasteiger partial charge in [0.05, 0.1) is 28.8 Å². The highest BCUT2D eigenvalue weighted by Gasteiger charge is 2.40. The van der Waals surface area contributed by atoms with Crippen LogP contribution in [-0.4, -0.2) is 47.2 Å². The van der Waals surface area contributed by atoms with Crippen LogP contribution in [-0.2, 0) is 9.47 Å². The summed E-state index contributed by atoms with van der Waals surface area (Å²) in [6, 6.07) is 5.06. The summed E-state index contributed by atoms with van der Waals surface area (Å²) in [7, 11) is 0. The lowest BCUT2D eigenvalue weighted by atomic mass is 10.0. The van der Waals surface area contributed by atoms with Crippen molar-refractivity contribution < 1.29 is 18.4 Å². The van der Waals surface area contributed by atoms with Crippen LogP contribution in [0.15, 0.2) is 27.2 Å². The average Bonchev–Trinajstić information content (AvgIpc) is 3.32. The molecule has 0 N–H and O–H groups in total. The number of benzene rings is 1. The number of fused-ring (bicyclic) bond motifs is 1. The molecule has 5 rings (SSSR count). The van der Waals surface area contributed by atoms with Crippen LogP contribution in [0.25, 0.3) is 22.4 Å². The van der Waals surface area contributed by atoms with Crippen molar-refractivity contribution >= 4 is 32.7 Å². The maximum absolute atomic E-state index is 14.1. The third kappa shape index (κ3) is 3.07. The fourth-order valence-electron chi connectivity index (χ4n) is 3.81. The molecule has 2 aromatic heterocycles. The third-order valence-electron chi connectivity index (χ3n) is 5.23. The normalized spacial score (nSPS) is 19.0. The van der Waals surface area contributed by atoms with Gasteiger partial charge < -0.3 is 18.9 Å². The van der Waals surface area contributed by atoms with Crippen molar-refractivity contribution in [2.75, 3.05) is 31.2 Å². The van der Waals surface area contributed by atoms with E-state index in [0.29, 0.717) is 53.8 Å². The van der Waals surface area contributed by atoms with Gasteiger partial charge in [-0.3, -0.25) is 0 Å². The van der Waals surface area contributed by atoms with E-state index < -0.39 is 5.79 Å². The molecule has 28 heavy (non-hydrogen) atoms. The van der Waals surface area contributed by atoms with E-state index >= 15 is 0 Å². The number of hydrogen-bond acceptors (Lipinski definition) is 7. The molecular weight excluding hydrogens is 431 g/mol. The van der Waals surface area contributed by atoms with E-state index in [1.807, 2.05) is 6.07 Å². The lowest BCUT2D eigenvalue weighted by Gasteiger charge is -2.38. The van der Waals surface area contributed by atoms with Crippen LogP contribution in [0.3, 0.4) is 0 Å². The van der Waals surface area contributed by atoms with Crippen molar-refractivity contribution in [3.05, 3.63) is 34.3 Å². The molecule has 2 aliphatic rings. The number of anilines is 1. The third-order valence-corrected chi connectivity index (χ3v) is 5.84. The Morgan fingerprint density at radius 3 is 2.54 bits per heavy atom. The van der Waals surface area contributed by atoms with E-state index in [0.717, 1.165) is 23.8 Å². The molecule has 0 atom stereocenters. The highest BCUT2D eigenvalue weighted by molar-refractivity contribution is 9.10. The van der Waals surface area contributed by atoms with Gasteiger partial charge in [0.15, 0.2) is 11.6 Å². The van der Waals surface area contributed by atoms with E-state index in [9.17, 15) is 4.39 Å². The van der Waals surface area contributed by atoms with Gasteiger partial charge in [-0.15, -0.1) is 0 Å². The Kier molecular flexibility index (Phi) is 4.33. The van der Waals surface area contributed by atoms with E-state index in [4.69, 9.17) is 19.0 Å². The zero-order valence-electron chi connectivity index (χ0n) is 15.2. The second-order valence-corrected chi connectivity index (χ2v) is 7.91. The van der Waals surface area contributed by atoms with Crippen LogP contribution >= 0.6 is 15.9 Å². The zero-order valence-corrected chi connectivity index (χ0v) is 16.8. The number of aryl methyl sites for hydroxylation is 1. The van der Waals surface area contributed by atoms with Crippen molar-refractivity contribution in [1.29, 1.82) is 0 Å². The number of halogens is 2. The van der Waals surface area contributed by atoms with E-state index in [-0.39, 0.29) is 5.82 Å². The lowest BCUT2D eigenvalue weighted by molar-refractivity contribution is -0.169. The summed E-state index contributed by atoms with van der Waals surface area (Å²) in [6.07, 6.45) is 1.48. The molecule has 2 aliphatic heterocycles. The molecular formula is C19H18BrFN4O3. The van der Waals surface area contributed by atoms with Gasteiger partial charge in [0.2, 0.25) is 0 Å². The van der Waals surface area contributed by atoms with Crippen molar-refractivity contribution in [2.24, 2.45) is 0 Å². The van der Waals surface area contributed by atoms with Crippen LogP contribution in [0.5, 0.6) is 0 Å². The first-order valence-corrected chi connectivity index (χ1v) is 9.96. The van der Waals surface area contributed by atoms with Crippen molar-refractivity contribution in [3.8, 4) is 11.5 Å². The predicted molar refractivity (Wildman–Crippen MR) is 104 cm³/mol. The second-order valence-electron chi connectivity index (χ2n) is 7.06. The molecule has 7 nitrogen and oxygen atoms in total. The molecule has 2 saturated heterocycles. The largest absolute Gasteiger partial charge is 0.356 e. The molecule has 0 amide bonds. The number of aromatic nitrogens is 3. The van der Waals surface area contributed by atoms with Crippen molar-refractivity contribution in [2.45, 2.75) is 25.6 Å². The maximum Gasteiger partial charge on any atom is 0.261 e. The average molecular weight is 449 g/mol. The van der Waals surface area contributed by atoms with Gasteiger partial charge in [-0.2, -0.15) is 4.98 Å². The highest BCUT2D eigenvalue weighted by Crippen LogP contribution is 2.38. The number of hydrogen-bond donors (Lipinski definition) is 0. The Labute approximate surface area is 169 Å². The quantitative estimate of drug-likeness (QED) is 0.589. The maximum atomic E-state index is 14.1. The topological polar surface area (TPSA) is 73.5 Å². The molecule has 3 aromatic rings. The molecule has 4 heterocycles. The molecule has 146 valence electrons. The van der Waals surface area contributed by atoms with Gasteiger partial charge in [0, 0.05) is 37.4 Å². The minimum Gasteiger partial charge on any atom is -0.356 e. The molecule has 2 fully saturated rings. The Bertz CT molecular complexity index is 1040. The summed E-state index contributed by atoms with van der Waals surface area (Å²) in [5.41, 5.74) is 1.31. The van der Waals surface area contributed by atoms with Crippen LogP contribution in [0.4, 0.5) is 10.2 Å². The highest BCUT2D eigenvalue weighted by atomic mass is 79.9. The number of nitrogens with zero attached hydrogens (tertiary/aromatic N) is 4. The van der Waals surface area contributed by atoms with Gasteiger partial charge in [-0.1, -0.05) is 5.16 Å². The molecule has 0 radical (unpaired) electrons. The van der Waals surface area contributed by atoms with Crippen LogP contribution in [0.1, 0.15) is 18.7 Å². The summed E-state index contributed by atoms with van der Waals surface area (Å²) in [5.74, 6) is 0.817. The number of piperidine rings is 1. The van der Waals surface area contributed by atoms with Crippen molar-refractivity contribution in [3.63, 3.8) is 0 Å². The number of pyridine rings is 1. The van der Waals surface area contributed by atoms with Gasteiger partial charge in [-0.05, 0) is 35.0 Å². The fourth-order valence-corrected chi connectivity index (χ4v) is 4.17. The predicted octanol–water partition coefficient (Wildman–Crippen LogP) is 3.84. The van der Waals surface area contributed by atoms with Gasteiger partial charge >= 0.3 is 0 Å². The lowest BCUT2D eigenvalue weighted by Crippen LogP contribution is -2.45. The van der Waals surface area contributed by atoms with Crippen LogP contribution < -0.4 is 4.90 Å². The first-order chi connectivity index (χ1) is 13.5. The van der Waals surface area contributed by atoms with E-state index in [2.05, 4.69) is 31.0 Å². The molecule has 0 aliphatic carbocycles. The molecule has 1 spiro atoms. The molecule has 9 heteroatoms. The first-order valence-electron chi connectivity index (χ1n) is 9.16. The minimum atomic E-state index is -0.481. The number of rotatable bonds is 2. The fraction of sp³-hybridized carbons (Fsp3) is 0.421. The summed E-state index contributed by atoms with van der Waals surface area (Å²) in [5, 5.41) is 4.70. The Morgan fingerprint density at radius 2 is 1.86 bits per heavy atom. The molecule has 0 unspecified atom stereocenters. The van der Waals surface area contributed by atoms with E-state index in [1.54, 1.807) is 13.0 Å². The van der Waals surface area contributed by atoms with Crippen LogP contribution in [0, 0.1) is 12.7 Å². The number of ether oxygens (including phenoxy) is 2. The molecule has 0 saturated carbocycles.